The van der Waals surface area contributed by atoms with Gasteiger partial charge in [0.05, 0.1) is 5.69 Å². The number of aromatic nitrogens is 1. The van der Waals surface area contributed by atoms with Crippen LogP contribution in [0.2, 0.25) is 0 Å². The van der Waals surface area contributed by atoms with Crippen LogP contribution in [0, 0.1) is 0 Å². The normalized spacial score (nSPS) is 20.5. The summed E-state index contributed by atoms with van der Waals surface area (Å²) in [5.74, 6) is 0.693. The second-order valence-electron chi connectivity index (χ2n) is 9.25. The molecule has 1 saturated carbocycles. The van der Waals surface area contributed by atoms with Crippen molar-refractivity contribution < 1.29 is 4.79 Å². The summed E-state index contributed by atoms with van der Waals surface area (Å²) < 4.78 is 0. The van der Waals surface area contributed by atoms with E-state index in [0.717, 1.165) is 18.8 Å². The van der Waals surface area contributed by atoms with E-state index in [2.05, 4.69) is 63.5 Å². The lowest BCUT2D eigenvalue weighted by Gasteiger charge is -2.37. The first-order valence-corrected chi connectivity index (χ1v) is 12.5. The standard InChI is InChI=1S/C28H33N5O/c34-28(33-27(16-18-30-33)26-15-6-7-17-29-26)32-21-19-31(20-22-32)25-13-3-1-2-9-24(12-8-14-25)23-10-4-5-11-23/h1-3,6-9,12-15,17-18,23,27H,4-5,10-11,16,19-22H2. The summed E-state index contributed by atoms with van der Waals surface area (Å²) in [6.45, 7) is 2.96. The van der Waals surface area contributed by atoms with Gasteiger partial charge in [0.25, 0.3) is 0 Å². The van der Waals surface area contributed by atoms with Gasteiger partial charge >= 0.3 is 6.03 Å². The van der Waals surface area contributed by atoms with Gasteiger partial charge in [-0.25, -0.2) is 9.80 Å². The molecule has 1 aromatic heterocycles. The number of nitrogens with zero attached hydrogens (tertiary/aromatic N) is 5. The van der Waals surface area contributed by atoms with E-state index < -0.39 is 0 Å². The van der Waals surface area contributed by atoms with Gasteiger partial charge in [0.1, 0.15) is 6.04 Å². The molecule has 34 heavy (non-hydrogen) atoms. The Hall–Kier alpha value is -3.41. The molecule has 5 rings (SSSR count). The third kappa shape index (κ3) is 5.06. The number of hydrogen-bond donors (Lipinski definition) is 0. The van der Waals surface area contributed by atoms with Crippen LogP contribution in [0.4, 0.5) is 10.5 Å². The molecule has 2 amide bonds. The lowest BCUT2D eigenvalue weighted by molar-refractivity contribution is 0.138. The number of rotatable bonds is 3. The molecule has 176 valence electrons. The van der Waals surface area contributed by atoms with Crippen LogP contribution in [0.15, 0.2) is 78.0 Å². The summed E-state index contributed by atoms with van der Waals surface area (Å²) in [4.78, 5) is 22.0. The van der Waals surface area contributed by atoms with Gasteiger partial charge in [-0.2, -0.15) is 5.10 Å². The van der Waals surface area contributed by atoms with Crippen LogP contribution in [-0.4, -0.2) is 53.3 Å². The fourth-order valence-electron chi connectivity index (χ4n) is 5.21. The van der Waals surface area contributed by atoms with Crippen LogP contribution in [0.3, 0.4) is 0 Å². The number of carbonyl (C=O) groups is 1. The number of amides is 2. The van der Waals surface area contributed by atoms with Gasteiger partial charge in [0, 0.05) is 50.7 Å². The highest BCUT2D eigenvalue weighted by Crippen LogP contribution is 2.33. The molecule has 1 saturated heterocycles. The van der Waals surface area contributed by atoms with Gasteiger partial charge in [-0.15, -0.1) is 0 Å². The minimum absolute atomic E-state index is 0.0336. The summed E-state index contributed by atoms with van der Waals surface area (Å²) in [6.07, 6.45) is 9.58. The van der Waals surface area contributed by atoms with E-state index in [9.17, 15) is 4.79 Å². The Kier molecular flexibility index (Phi) is 7.03. The van der Waals surface area contributed by atoms with Crippen molar-refractivity contribution >= 4 is 17.9 Å². The Morgan fingerprint density at radius 2 is 1.56 bits per heavy atom. The maximum atomic E-state index is 13.2. The molecule has 2 fully saturated rings. The number of piperazine rings is 1. The molecule has 2 aromatic rings. The zero-order valence-electron chi connectivity index (χ0n) is 19.7. The van der Waals surface area contributed by atoms with Crippen LogP contribution >= 0.6 is 0 Å². The minimum atomic E-state index is -0.116. The first-order chi connectivity index (χ1) is 16.8. The Morgan fingerprint density at radius 1 is 0.824 bits per heavy atom. The largest absolute Gasteiger partial charge is 0.368 e. The average Bonchev–Trinajstić information content (AvgIpc) is 3.60. The molecule has 1 aliphatic carbocycles. The van der Waals surface area contributed by atoms with Crippen molar-refractivity contribution in [3.8, 4) is 0 Å². The topological polar surface area (TPSA) is 52.0 Å². The number of hydrazone groups is 1. The van der Waals surface area contributed by atoms with E-state index in [0.29, 0.717) is 25.4 Å². The fraction of sp³-hybridized carbons (Fsp3) is 0.393. The monoisotopic (exact) mass is 455 g/mol. The number of carbonyl (C=O) groups excluding carboxylic acids is 1. The predicted molar refractivity (Wildman–Crippen MR) is 136 cm³/mol. The summed E-state index contributed by atoms with van der Waals surface area (Å²) in [5, 5.41) is 5.98. The lowest BCUT2D eigenvalue weighted by atomic mass is 9.99. The Morgan fingerprint density at radius 3 is 2.35 bits per heavy atom. The van der Waals surface area contributed by atoms with Crippen molar-refractivity contribution in [1.29, 1.82) is 0 Å². The Balaban J connectivity index is 1.25. The van der Waals surface area contributed by atoms with Crippen molar-refractivity contribution in [3.63, 3.8) is 0 Å². The molecule has 1 unspecified atom stereocenters. The quantitative estimate of drug-likeness (QED) is 0.611. The molecular formula is C28H33N5O. The molecule has 0 bridgehead atoms. The van der Waals surface area contributed by atoms with E-state index in [4.69, 9.17) is 0 Å². The van der Waals surface area contributed by atoms with Gasteiger partial charge in [0.15, 0.2) is 0 Å². The molecule has 3 heterocycles. The van der Waals surface area contributed by atoms with Gasteiger partial charge in [-0.05, 0) is 48.6 Å². The molecule has 6 nitrogen and oxygen atoms in total. The molecular weight excluding hydrogens is 422 g/mol. The van der Waals surface area contributed by atoms with Gasteiger partial charge < -0.3 is 9.80 Å². The van der Waals surface area contributed by atoms with Crippen molar-refractivity contribution in [2.75, 3.05) is 31.1 Å². The van der Waals surface area contributed by atoms with Crippen LogP contribution in [0.25, 0.3) is 0 Å². The molecule has 3 aliphatic rings. The van der Waals surface area contributed by atoms with E-state index in [1.165, 1.54) is 36.9 Å². The van der Waals surface area contributed by atoms with Crippen LogP contribution in [0.5, 0.6) is 0 Å². The van der Waals surface area contributed by atoms with E-state index in [1.807, 2.05) is 29.3 Å². The molecule has 0 spiro atoms. The number of hydrogen-bond acceptors (Lipinski definition) is 4. The van der Waals surface area contributed by atoms with E-state index >= 15 is 0 Å². The third-order valence-electron chi connectivity index (χ3n) is 7.13. The van der Waals surface area contributed by atoms with Crippen molar-refractivity contribution in [1.82, 2.24) is 14.9 Å². The van der Waals surface area contributed by atoms with Crippen molar-refractivity contribution in [3.05, 3.63) is 84.2 Å². The van der Waals surface area contributed by atoms with Crippen molar-refractivity contribution in [2.45, 2.75) is 44.1 Å². The molecule has 2 aliphatic heterocycles. The molecule has 1 atom stereocenters. The zero-order valence-corrected chi connectivity index (χ0v) is 19.7. The zero-order chi connectivity index (χ0) is 23.2. The molecule has 0 radical (unpaired) electrons. The highest BCUT2D eigenvalue weighted by atomic mass is 16.2. The Bertz CT molecular complexity index is 1060. The van der Waals surface area contributed by atoms with Crippen LogP contribution < -0.4 is 4.90 Å². The van der Waals surface area contributed by atoms with Gasteiger partial charge in [0.2, 0.25) is 0 Å². The highest BCUT2D eigenvalue weighted by molar-refractivity contribution is 5.78. The number of anilines is 1. The SMILES string of the molecule is O=C(N1CCN(c2cccccc(C3CCCC3)ccc2)CC1)N1N=CCC1c1ccccn1. The minimum Gasteiger partial charge on any atom is -0.368 e. The molecule has 1 aromatic carbocycles. The second-order valence-corrected chi connectivity index (χ2v) is 9.25. The molecule has 6 heteroatoms. The first kappa shape index (κ1) is 22.4. The molecule has 0 N–H and O–H groups in total. The second kappa shape index (κ2) is 10.7. The summed E-state index contributed by atoms with van der Waals surface area (Å²) in [7, 11) is 0. The maximum Gasteiger partial charge on any atom is 0.341 e. The van der Waals surface area contributed by atoms with Gasteiger partial charge in [-0.3, -0.25) is 4.98 Å². The fourth-order valence-corrected chi connectivity index (χ4v) is 5.21. The lowest BCUT2D eigenvalue weighted by Crippen LogP contribution is -2.52. The Labute approximate surface area is 202 Å². The van der Waals surface area contributed by atoms with E-state index in [-0.39, 0.29) is 12.1 Å². The average molecular weight is 456 g/mol. The summed E-state index contributed by atoms with van der Waals surface area (Å²) in [6, 6.07) is 23.1. The van der Waals surface area contributed by atoms with Crippen LogP contribution in [0.1, 0.15) is 55.3 Å². The summed E-state index contributed by atoms with van der Waals surface area (Å²) in [5.41, 5.74) is 3.50. The summed E-state index contributed by atoms with van der Waals surface area (Å²) >= 11 is 0. The number of urea groups is 1. The van der Waals surface area contributed by atoms with Gasteiger partial charge in [-0.1, -0.05) is 55.3 Å². The maximum absolute atomic E-state index is 13.2. The third-order valence-corrected chi connectivity index (χ3v) is 7.13. The predicted octanol–water partition coefficient (Wildman–Crippen LogP) is 5.54. The smallest absolute Gasteiger partial charge is 0.341 e. The number of pyridine rings is 1. The van der Waals surface area contributed by atoms with Crippen LogP contribution in [-0.2, 0) is 0 Å². The van der Waals surface area contributed by atoms with E-state index in [1.54, 1.807) is 11.2 Å². The van der Waals surface area contributed by atoms with Crippen molar-refractivity contribution in [2.24, 2.45) is 5.10 Å². The first-order valence-electron chi connectivity index (χ1n) is 12.5. The highest BCUT2D eigenvalue weighted by Gasteiger charge is 2.33.